The van der Waals surface area contributed by atoms with Gasteiger partial charge in [-0.15, -0.1) is 0 Å². The summed E-state index contributed by atoms with van der Waals surface area (Å²) in [6, 6.07) is 1.82. The second-order valence-corrected chi connectivity index (χ2v) is 5.18. The quantitative estimate of drug-likeness (QED) is 0.768. The van der Waals surface area contributed by atoms with Crippen LogP contribution in [-0.2, 0) is 9.47 Å². The lowest BCUT2D eigenvalue weighted by molar-refractivity contribution is 0.0514. The monoisotopic (exact) mass is 250 g/mol. The summed E-state index contributed by atoms with van der Waals surface area (Å²) in [6.07, 6.45) is 3.98. The molecule has 2 rings (SSSR count). The van der Waals surface area contributed by atoms with Gasteiger partial charge in [-0.3, -0.25) is 0 Å². The Morgan fingerprint density at radius 1 is 1.50 bits per heavy atom. The number of hydrogen-bond acceptors (Lipinski definition) is 4. The number of carbonyl (C=O) groups excluding carboxylic acids is 1. The van der Waals surface area contributed by atoms with Crippen LogP contribution in [0.1, 0.15) is 32.9 Å². The molecular formula is C13H18N2O3. The Labute approximate surface area is 106 Å². The summed E-state index contributed by atoms with van der Waals surface area (Å²) >= 11 is 0. The van der Waals surface area contributed by atoms with E-state index in [1.807, 2.05) is 32.9 Å². The molecule has 2 heterocycles. The van der Waals surface area contributed by atoms with Crippen molar-refractivity contribution < 1.29 is 14.3 Å². The highest BCUT2D eigenvalue weighted by molar-refractivity contribution is 5.71. The highest BCUT2D eigenvalue weighted by Crippen LogP contribution is 2.19. The van der Waals surface area contributed by atoms with Gasteiger partial charge in [0.05, 0.1) is 18.9 Å². The number of ether oxygens (including phenoxy) is 2. The minimum atomic E-state index is -0.513. The zero-order valence-electron chi connectivity index (χ0n) is 11.0. The molecular weight excluding hydrogens is 232 g/mol. The lowest BCUT2D eigenvalue weighted by Crippen LogP contribution is -2.27. The van der Waals surface area contributed by atoms with Crippen molar-refractivity contribution in [3.8, 4) is 0 Å². The Kier molecular flexibility index (Phi) is 3.52. The molecule has 0 amide bonds. The van der Waals surface area contributed by atoms with E-state index in [-0.39, 0.29) is 0 Å². The summed E-state index contributed by atoms with van der Waals surface area (Å²) in [5.74, 6) is 0. The predicted molar refractivity (Wildman–Crippen MR) is 67.3 cm³/mol. The van der Waals surface area contributed by atoms with Crippen molar-refractivity contribution in [1.29, 1.82) is 0 Å². The Morgan fingerprint density at radius 2 is 2.28 bits per heavy atom. The lowest BCUT2D eigenvalue weighted by atomic mass is 10.1. The van der Waals surface area contributed by atoms with Gasteiger partial charge in [-0.2, -0.15) is 9.78 Å². The van der Waals surface area contributed by atoms with E-state index in [0.29, 0.717) is 13.2 Å². The summed E-state index contributed by atoms with van der Waals surface area (Å²) in [4.78, 5) is 11.8. The molecule has 5 nitrogen and oxygen atoms in total. The van der Waals surface area contributed by atoms with Crippen LogP contribution in [0.3, 0.4) is 0 Å². The molecule has 18 heavy (non-hydrogen) atoms. The minimum Gasteiger partial charge on any atom is -0.442 e. The SMILES string of the molecule is CC(C)(C)OC(=O)n1ccc(C2=CCOCC2)n1. The van der Waals surface area contributed by atoms with Gasteiger partial charge in [-0.1, -0.05) is 6.08 Å². The molecule has 0 saturated heterocycles. The number of nitrogens with zero attached hydrogens (tertiary/aromatic N) is 2. The maximum absolute atomic E-state index is 11.8. The van der Waals surface area contributed by atoms with Crippen molar-refractivity contribution in [2.75, 3.05) is 13.2 Å². The summed E-state index contributed by atoms with van der Waals surface area (Å²) in [5, 5.41) is 4.24. The van der Waals surface area contributed by atoms with Crippen LogP contribution in [0.25, 0.3) is 5.57 Å². The Bertz CT molecular complexity index is 469. The zero-order chi connectivity index (χ0) is 13.2. The third-order valence-corrected chi connectivity index (χ3v) is 2.46. The van der Waals surface area contributed by atoms with E-state index in [0.717, 1.165) is 17.7 Å². The van der Waals surface area contributed by atoms with Gasteiger partial charge in [0.1, 0.15) is 5.60 Å². The van der Waals surface area contributed by atoms with E-state index >= 15 is 0 Å². The van der Waals surface area contributed by atoms with E-state index in [1.54, 1.807) is 6.20 Å². The fourth-order valence-electron chi connectivity index (χ4n) is 1.67. The molecule has 0 atom stereocenters. The summed E-state index contributed by atoms with van der Waals surface area (Å²) in [5.41, 5.74) is 1.41. The number of rotatable bonds is 1. The molecule has 1 aliphatic rings. The van der Waals surface area contributed by atoms with Gasteiger partial charge in [0, 0.05) is 6.20 Å². The molecule has 0 unspecified atom stereocenters. The molecule has 0 saturated carbocycles. The van der Waals surface area contributed by atoms with Crippen LogP contribution < -0.4 is 0 Å². The summed E-state index contributed by atoms with van der Waals surface area (Å²) < 4.78 is 11.7. The maximum Gasteiger partial charge on any atom is 0.435 e. The predicted octanol–water partition coefficient (Wildman–Crippen LogP) is 2.47. The van der Waals surface area contributed by atoms with Crippen molar-refractivity contribution in [2.45, 2.75) is 32.8 Å². The number of hydrogen-bond donors (Lipinski definition) is 0. The largest absolute Gasteiger partial charge is 0.442 e. The van der Waals surface area contributed by atoms with Crippen LogP contribution >= 0.6 is 0 Å². The Balaban J connectivity index is 2.10. The molecule has 0 aromatic carbocycles. The van der Waals surface area contributed by atoms with Gasteiger partial charge in [-0.05, 0) is 38.8 Å². The van der Waals surface area contributed by atoms with Crippen LogP contribution in [0.4, 0.5) is 4.79 Å². The van der Waals surface area contributed by atoms with E-state index in [2.05, 4.69) is 5.10 Å². The van der Waals surface area contributed by atoms with Crippen LogP contribution in [0, 0.1) is 0 Å². The van der Waals surface area contributed by atoms with E-state index in [4.69, 9.17) is 9.47 Å². The maximum atomic E-state index is 11.8. The molecule has 1 aliphatic heterocycles. The highest BCUT2D eigenvalue weighted by Gasteiger charge is 2.19. The number of aromatic nitrogens is 2. The number of carbonyl (C=O) groups is 1. The van der Waals surface area contributed by atoms with Crippen LogP contribution in [0.15, 0.2) is 18.3 Å². The molecule has 0 radical (unpaired) electrons. The Morgan fingerprint density at radius 3 is 2.89 bits per heavy atom. The van der Waals surface area contributed by atoms with E-state index in [9.17, 15) is 4.79 Å². The molecule has 0 bridgehead atoms. The first-order valence-corrected chi connectivity index (χ1v) is 6.02. The van der Waals surface area contributed by atoms with Crippen LogP contribution in [-0.4, -0.2) is 34.7 Å². The van der Waals surface area contributed by atoms with Crippen LogP contribution in [0.2, 0.25) is 0 Å². The topological polar surface area (TPSA) is 53.4 Å². The lowest BCUT2D eigenvalue weighted by Gasteiger charge is -2.18. The summed E-state index contributed by atoms with van der Waals surface area (Å²) in [7, 11) is 0. The first-order valence-electron chi connectivity index (χ1n) is 6.02. The average Bonchev–Trinajstić information content (AvgIpc) is 2.77. The van der Waals surface area contributed by atoms with E-state index in [1.165, 1.54) is 4.68 Å². The molecule has 0 aliphatic carbocycles. The first-order chi connectivity index (χ1) is 8.46. The van der Waals surface area contributed by atoms with Crippen molar-refractivity contribution >= 4 is 11.7 Å². The van der Waals surface area contributed by atoms with Gasteiger partial charge < -0.3 is 9.47 Å². The van der Waals surface area contributed by atoms with Crippen molar-refractivity contribution in [3.05, 3.63) is 24.0 Å². The van der Waals surface area contributed by atoms with Crippen LogP contribution in [0.5, 0.6) is 0 Å². The first kappa shape index (κ1) is 12.8. The minimum absolute atomic E-state index is 0.457. The van der Waals surface area contributed by atoms with Gasteiger partial charge in [0.2, 0.25) is 0 Å². The normalized spacial score (nSPS) is 16.3. The third kappa shape index (κ3) is 3.20. The molecule has 0 fully saturated rings. The average molecular weight is 250 g/mol. The smallest absolute Gasteiger partial charge is 0.435 e. The van der Waals surface area contributed by atoms with Crippen molar-refractivity contribution in [3.63, 3.8) is 0 Å². The fraction of sp³-hybridized carbons (Fsp3) is 0.538. The molecule has 1 aromatic rings. The zero-order valence-corrected chi connectivity index (χ0v) is 11.0. The van der Waals surface area contributed by atoms with E-state index < -0.39 is 11.7 Å². The van der Waals surface area contributed by atoms with Gasteiger partial charge in [0.15, 0.2) is 0 Å². The fourth-order valence-corrected chi connectivity index (χ4v) is 1.67. The second kappa shape index (κ2) is 4.94. The van der Waals surface area contributed by atoms with Gasteiger partial charge >= 0.3 is 6.09 Å². The molecule has 0 spiro atoms. The molecule has 98 valence electrons. The van der Waals surface area contributed by atoms with Crippen molar-refractivity contribution in [1.82, 2.24) is 9.78 Å². The highest BCUT2D eigenvalue weighted by atomic mass is 16.6. The molecule has 1 aromatic heterocycles. The molecule has 5 heteroatoms. The Hall–Kier alpha value is -1.62. The second-order valence-electron chi connectivity index (χ2n) is 5.18. The summed E-state index contributed by atoms with van der Waals surface area (Å²) in [6.45, 7) is 6.79. The molecule has 0 N–H and O–H groups in total. The third-order valence-electron chi connectivity index (χ3n) is 2.46. The standard InChI is InChI=1S/C13H18N2O3/c1-13(2,3)18-12(16)15-7-4-11(14-15)10-5-8-17-9-6-10/h4-5,7H,6,8-9H2,1-3H3. The van der Waals surface area contributed by atoms with Crippen molar-refractivity contribution in [2.24, 2.45) is 0 Å². The van der Waals surface area contributed by atoms with Gasteiger partial charge in [-0.25, -0.2) is 4.79 Å². The van der Waals surface area contributed by atoms with Gasteiger partial charge in [0.25, 0.3) is 0 Å².